The SMILES string of the molecule is Nc1cccc(C[C@H](N)[C]=O)c1. The highest BCUT2D eigenvalue weighted by Gasteiger charge is 2.02. The Morgan fingerprint density at radius 2 is 2.25 bits per heavy atom. The topological polar surface area (TPSA) is 69.1 Å². The Morgan fingerprint density at radius 3 is 2.83 bits per heavy atom. The van der Waals surface area contributed by atoms with Crippen molar-refractivity contribution in [1.29, 1.82) is 0 Å². The van der Waals surface area contributed by atoms with Crippen LogP contribution in [0.4, 0.5) is 5.69 Å². The van der Waals surface area contributed by atoms with Crippen molar-refractivity contribution >= 4 is 12.0 Å². The van der Waals surface area contributed by atoms with Crippen LogP contribution in [0.25, 0.3) is 0 Å². The van der Waals surface area contributed by atoms with Crippen LogP contribution in [0.5, 0.6) is 0 Å². The lowest BCUT2D eigenvalue weighted by atomic mass is 10.1. The Hall–Kier alpha value is -1.35. The lowest BCUT2D eigenvalue weighted by Crippen LogP contribution is -2.23. The Labute approximate surface area is 71.4 Å². The van der Waals surface area contributed by atoms with Gasteiger partial charge in [0.15, 0.2) is 0 Å². The van der Waals surface area contributed by atoms with Crippen LogP contribution in [0, 0.1) is 0 Å². The van der Waals surface area contributed by atoms with Crippen LogP contribution in [0.2, 0.25) is 0 Å². The summed E-state index contributed by atoms with van der Waals surface area (Å²) in [7, 11) is 0. The molecule has 0 unspecified atom stereocenters. The van der Waals surface area contributed by atoms with Crippen LogP contribution in [-0.4, -0.2) is 12.3 Å². The molecule has 63 valence electrons. The standard InChI is InChI=1S/C9H11N2O/c10-8-3-1-2-7(4-8)5-9(11)6-12/h1-4,9H,5,10-11H2/t9-/m0/s1. The van der Waals surface area contributed by atoms with Crippen molar-refractivity contribution in [2.24, 2.45) is 5.73 Å². The fourth-order valence-electron chi connectivity index (χ4n) is 1.02. The van der Waals surface area contributed by atoms with Crippen LogP contribution in [0.3, 0.4) is 0 Å². The Morgan fingerprint density at radius 1 is 1.50 bits per heavy atom. The van der Waals surface area contributed by atoms with Gasteiger partial charge < -0.3 is 11.5 Å². The monoisotopic (exact) mass is 163 g/mol. The van der Waals surface area contributed by atoms with Crippen molar-refractivity contribution < 1.29 is 4.79 Å². The van der Waals surface area contributed by atoms with Gasteiger partial charge in [-0.3, -0.25) is 4.79 Å². The molecule has 1 radical (unpaired) electrons. The minimum atomic E-state index is -0.549. The van der Waals surface area contributed by atoms with Gasteiger partial charge in [-0.25, -0.2) is 0 Å². The smallest absolute Gasteiger partial charge is 0.217 e. The summed E-state index contributed by atoms with van der Waals surface area (Å²) in [5.41, 5.74) is 12.6. The van der Waals surface area contributed by atoms with E-state index in [1.807, 2.05) is 12.1 Å². The summed E-state index contributed by atoms with van der Waals surface area (Å²) in [5.74, 6) is 0. The summed E-state index contributed by atoms with van der Waals surface area (Å²) in [6, 6.07) is 6.76. The zero-order valence-corrected chi connectivity index (χ0v) is 6.66. The number of benzene rings is 1. The fraction of sp³-hybridized carbons (Fsp3) is 0.222. The van der Waals surface area contributed by atoms with Crippen LogP contribution in [-0.2, 0) is 11.2 Å². The molecule has 3 heteroatoms. The number of nitrogens with two attached hydrogens (primary N) is 2. The van der Waals surface area contributed by atoms with Gasteiger partial charge >= 0.3 is 0 Å². The quantitative estimate of drug-likeness (QED) is 0.627. The average Bonchev–Trinajstić information content (AvgIpc) is 2.04. The molecule has 1 rings (SSSR count). The van der Waals surface area contributed by atoms with E-state index in [1.54, 1.807) is 18.4 Å². The number of hydrogen-bond acceptors (Lipinski definition) is 3. The molecule has 0 saturated carbocycles. The second-order valence-electron chi connectivity index (χ2n) is 2.67. The molecule has 1 aromatic rings. The first-order valence-electron chi connectivity index (χ1n) is 3.70. The molecule has 1 aromatic carbocycles. The van der Waals surface area contributed by atoms with Crippen molar-refractivity contribution in [2.75, 3.05) is 5.73 Å². The third-order valence-corrected chi connectivity index (χ3v) is 1.56. The molecule has 3 nitrogen and oxygen atoms in total. The van der Waals surface area contributed by atoms with Gasteiger partial charge in [0.2, 0.25) is 6.29 Å². The maximum Gasteiger partial charge on any atom is 0.217 e. The van der Waals surface area contributed by atoms with Gasteiger partial charge in [0.1, 0.15) is 0 Å². The maximum atomic E-state index is 10.1. The second kappa shape index (κ2) is 3.88. The van der Waals surface area contributed by atoms with E-state index in [4.69, 9.17) is 11.5 Å². The van der Waals surface area contributed by atoms with Crippen molar-refractivity contribution in [3.8, 4) is 0 Å². The molecule has 0 bridgehead atoms. The molecular weight excluding hydrogens is 152 g/mol. The molecule has 0 aliphatic rings. The molecular formula is C9H11N2O. The summed E-state index contributed by atoms with van der Waals surface area (Å²) >= 11 is 0. The summed E-state index contributed by atoms with van der Waals surface area (Å²) in [6.45, 7) is 0. The van der Waals surface area contributed by atoms with Crippen LogP contribution in [0.15, 0.2) is 24.3 Å². The molecule has 0 fully saturated rings. The van der Waals surface area contributed by atoms with Gasteiger partial charge in [0.05, 0.1) is 6.04 Å². The first-order chi connectivity index (χ1) is 5.72. The first-order valence-corrected chi connectivity index (χ1v) is 3.70. The Balaban J connectivity index is 2.69. The molecule has 0 spiro atoms. The van der Waals surface area contributed by atoms with Gasteiger partial charge in [-0.1, -0.05) is 12.1 Å². The maximum absolute atomic E-state index is 10.1. The van der Waals surface area contributed by atoms with Gasteiger partial charge in [0, 0.05) is 5.69 Å². The number of hydrogen-bond donors (Lipinski definition) is 2. The van der Waals surface area contributed by atoms with E-state index in [9.17, 15) is 4.79 Å². The van der Waals surface area contributed by atoms with E-state index in [0.717, 1.165) is 5.56 Å². The molecule has 0 amide bonds. The lowest BCUT2D eigenvalue weighted by molar-refractivity contribution is 0.541. The second-order valence-corrected chi connectivity index (χ2v) is 2.67. The average molecular weight is 163 g/mol. The summed E-state index contributed by atoms with van der Waals surface area (Å²) in [5, 5.41) is 0. The van der Waals surface area contributed by atoms with Crippen molar-refractivity contribution in [3.63, 3.8) is 0 Å². The highest BCUT2D eigenvalue weighted by atomic mass is 16.1. The minimum absolute atomic E-state index is 0.495. The van der Waals surface area contributed by atoms with Crippen molar-refractivity contribution in [3.05, 3.63) is 29.8 Å². The van der Waals surface area contributed by atoms with E-state index >= 15 is 0 Å². The van der Waals surface area contributed by atoms with Crippen molar-refractivity contribution in [2.45, 2.75) is 12.5 Å². The largest absolute Gasteiger partial charge is 0.399 e. The highest BCUT2D eigenvalue weighted by Crippen LogP contribution is 2.07. The molecule has 0 heterocycles. The van der Waals surface area contributed by atoms with Gasteiger partial charge in [-0.2, -0.15) is 0 Å². The predicted molar refractivity (Wildman–Crippen MR) is 48.2 cm³/mol. The zero-order chi connectivity index (χ0) is 8.97. The first kappa shape index (κ1) is 8.74. The van der Waals surface area contributed by atoms with Gasteiger partial charge in [0.25, 0.3) is 0 Å². The van der Waals surface area contributed by atoms with Crippen LogP contribution < -0.4 is 11.5 Å². The molecule has 0 aliphatic carbocycles. The molecule has 1 atom stereocenters. The van der Waals surface area contributed by atoms with Gasteiger partial charge in [-0.15, -0.1) is 0 Å². The number of rotatable bonds is 3. The van der Waals surface area contributed by atoms with E-state index in [0.29, 0.717) is 12.1 Å². The van der Waals surface area contributed by atoms with Gasteiger partial charge in [-0.05, 0) is 24.1 Å². The number of nitrogen functional groups attached to an aromatic ring is 1. The Kier molecular flexibility index (Phi) is 2.82. The number of carbonyl (C=O) groups excluding carboxylic acids is 1. The van der Waals surface area contributed by atoms with Crippen LogP contribution >= 0.6 is 0 Å². The third kappa shape index (κ3) is 2.36. The summed E-state index contributed by atoms with van der Waals surface area (Å²) in [4.78, 5) is 10.1. The zero-order valence-electron chi connectivity index (χ0n) is 6.66. The lowest BCUT2D eigenvalue weighted by Gasteiger charge is -2.03. The third-order valence-electron chi connectivity index (χ3n) is 1.56. The van der Waals surface area contributed by atoms with E-state index in [2.05, 4.69) is 0 Å². The normalized spacial score (nSPS) is 12.4. The Bertz CT molecular complexity index is 273. The molecule has 0 saturated heterocycles. The molecule has 4 N–H and O–H groups in total. The van der Waals surface area contributed by atoms with E-state index in [-0.39, 0.29) is 0 Å². The predicted octanol–water partition coefficient (Wildman–Crippen LogP) is 0.248. The summed E-state index contributed by atoms with van der Waals surface area (Å²) < 4.78 is 0. The van der Waals surface area contributed by atoms with E-state index < -0.39 is 6.04 Å². The highest BCUT2D eigenvalue weighted by molar-refractivity contribution is 5.59. The molecule has 0 aromatic heterocycles. The summed E-state index contributed by atoms with van der Waals surface area (Å²) in [6.07, 6.45) is 2.21. The molecule has 12 heavy (non-hydrogen) atoms. The fourth-order valence-corrected chi connectivity index (χ4v) is 1.02. The number of anilines is 1. The van der Waals surface area contributed by atoms with Crippen molar-refractivity contribution in [1.82, 2.24) is 0 Å². The van der Waals surface area contributed by atoms with Crippen LogP contribution in [0.1, 0.15) is 5.56 Å². The van der Waals surface area contributed by atoms with E-state index in [1.165, 1.54) is 0 Å². The minimum Gasteiger partial charge on any atom is -0.399 e. The molecule has 0 aliphatic heterocycles.